The Labute approximate surface area is 187 Å². The van der Waals surface area contributed by atoms with Crippen molar-refractivity contribution in [2.24, 2.45) is 17.8 Å². The van der Waals surface area contributed by atoms with Crippen LogP contribution in [0.2, 0.25) is 18.1 Å². The van der Waals surface area contributed by atoms with Gasteiger partial charge in [0.15, 0.2) is 8.32 Å². The Morgan fingerprint density at radius 1 is 0.556 bits per heavy atom. The van der Waals surface area contributed by atoms with Gasteiger partial charge in [0, 0.05) is 41.5 Å². The summed E-state index contributed by atoms with van der Waals surface area (Å²) in [6.07, 6.45) is 3.47. The summed E-state index contributed by atoms with van der Waals surface area (Å²) in [5.74, 6) is 1.32. The van der Waals surface area contributed by atoms with Crippen molar-refractivity contribution in [1.82, 2.24) is 0 Å². The predicted molar refractivity (Wildman–Crippen MR) is 119 cm³/mol. The van der Waals surface area contributed by atoms with Gasteiger partial charge in [-0.15, -0.1) is 0 Å². The first kappa shape index (κ1) is 38.4. The SMILES string of the molecule is CC(C)CO.CC(C)CO.CC(C)CO.CCC[Si](O)(CCC)CCC.[Ti]. The normalized spacial score (nSPS) is 10.2. The van der Waals surface area contributed by atoms with Gasteiger partial charge in [0.05, 0.1) is 0 Å². The molecule has 27 heavy (non-hydrogen) atoms. The van der Waals surface area contributed by atoms with E-state index in [0.29, 0.717) is 37.6 Å². The van der Waals surface area contributed by atoms with Gasteiger partial charge in [0.25, 0.3) is 0 Å². The van der Waals surface area contributed by atoms with Crippen LogP contribution in [0.5, 0.6) is 0 Å². The Balaban J connectivity index is -0.0000000858. The molecule has 0 amide bonds. The molecule has 0 bridgehead atoms. The summed E-state index contributed by atoms with van der Waals surface area (Å²) in [5.41, 5.74) is 0. The van der Waals surface area contributed by atoms with Gasteiger partial charge in [-0.25, -0.2) is 0 Å². The van der Waals surface area contributed by atoms with Crippen molar-refractivity contribution >= 4 is 8.32 Å². The van der Waals surface area contributed by atoms with Gasteiger partial charge in [-0.1, -0.05) is 81.6 Å². The molecule has 0 aliphatic rings. The number of hydrogen-bond donors (Lipinski definition) is 4. The summed E-state index contributed by atoms with van der Waals surface area (Å²) in [6.45, 7) is 19.3. The maximum Gasteiger partial charge on any atom is 0.188 e. The van der Waals surface area contributed by atoms with Crippen LogP contribution in [0.1, 0.15) is 81.6 Å². The van der Waals surface area contributed by atoms with E-state index in [1.54, 1.807) is 0 Å². The van der Waals surface area contributed by atoms with Gasteiger partial charge >= 0.3 is 0 Å². The van der Waals surface area contributed by atoms with Crippen LogP contribution in [0.4, 0.5) is 0 Å². The first-order chi connectivity index (χ1) is 12.0. The van der Waals surface area contributed by atoms with Gasteiger partial charge in [-0.3, -0.25) is 0 Å². The molecule has 0 aromatic heterocycles. The standard InChI is InChI=1S/C9H22OSi.3C4H10O.Ti/c1-4-7-11(10,8-5-2)9-6-3;3*1-4(2)3-5;/h10H,4-9H2,1-3H3;3*4-5H,3H2,1-2H3;. The van der Waals surface area contributed by atoms with Crippen molar-refractivity contribution in [3.05, 3.63) is 0 Å². The van der Waals surface area contributed by atoms with Crippen molar-refractivity contribution in [2.75, 3.05) is 19.8 Å². The summed E-state index contributed by atoms with van der Waals surface area (Å²) in [7, 11) is -1.75. The van der Waals surface area contributed by atoms with Crippen molar-refractivity contribution < 1.29 is 41.8 Å². The molecular formula is C21H52O4SiTi. The van der Waals surface area contributed by atoms with Gasteiger partial charge in [0.2, 0.25) is 0 Å². The van der Waals surface area contributed by atoms with Crippen molar-refractivity contribution in [3.63, 3.8) is 0 Å². The second kappa shape index (κ2) is 29.0. The summed E-state index contributed by atoms with van der Waals surface area (Å²) in [6, 6.07) is 3.32. The van der Waals surface area contributed by atoms with Crippen LogP contribution < -0.4 is 0 Å². The molecular weight excluding hydrogens is 392 g/mol. The molecule has 0 atom stereocenters. The number of rotatable bonds is 9. The second-order valence-electron chi connectivity index (χ2n) is 8.20. The molecule has 0 aliphatic heterocycles. The summed E-state index contributed by atoms with van der Waals surface area (Å²) < 4.78 is 0. The molecule has 0 aromatic carbocycles. The fraction of sp³-hybridized carbons (Fsp3) is 1.00. The number of aliphatic hydroxyl groups is 3. The largest absolute Gasteiger partial charge is 0.432 e. The fourth-order valence-electron chi connectivity index (χ4n) is 1.77. The Bertz CT molecular complexity index is 204. The van der Waals surface area contributed by atoms with E-state index in [0.717, 1.165) is 37.4 Å². The second-order valence-corrected chi connectivity index (χ2v) is 12.2. The van der Waals surface area contributed by atoms with E-state index in [-0.39, 0.29) is 21.7 Å². The Morgan fingerprint density at radius 2 is 0.704 bits per heavy atom. The van der Waals surface area contributed by atoms with Crippen LogP contribution in [0.3, 0.4) is 0 Å². The molecule has 0 aliphatic carbocycles. The summed E-state index contributed by atoms with van der Waals surface area (Å²) in [5, 5.41) is 24.4. The summed E-state index contributed by atoms with van der Waals surface area (Å²) >= 11 is 0. The summed E-state index contributed by atoms with van der Waals surface area (Å²) in [4.78, 5) is 10.2. The molecule has 4 N–H and O–H groups in total. The van der Waals surface area contributed by atoms with E-state index in [4.69, 9.17) is 15.3 Å². The Morgan fingerprint density at radius 3 is 0.778 bits per heavy atom. The number of aliphatic hydroxyl groups excluding tert-OH is 3. The molecule has 0 unspecified atom stereocenters. The van der Waals surface area contributed by atoms with Gasteiger partial charge in [-0.2, -0.15) is 0 Å². The van der Waals surface area contributed by atoms with Crippen LogP contribution in [0.25, 0.3) is 0 Å². The van der Waals surface area contributed by atoms with Crippen molar-refractivity contribution in [2.45, 2.75) is 99.7 Å². The van der Waals surface area contributed by atoms with Crippen molar-refractivity contribution in [3.8, 4) is 0 Å². The molecule has 0 heterocycles. The molecule has 6 heteroatoms. The molecule has 4 nitrogen and oxygen atoms in total. The third-order valence-electron chi connectivity index (χ3n) is 3.24. The smallest absolute Gasteiger partial charge is 0.188 e. The quantitative estimate of drug-likeness (QED) is 0.375. The first-order valence-electron chi connectivity index (χ1n) is 10.5. The maximum atomic E-state index is 10.2. The zero-order valence-corrected chi connectivity index (χ0v) is 22.4. The van der Waals surface area contributed by atoms with Crippen LogP contribution in [-0.4, -0.2) is 48.3 Å². The average Bonchev–Trinajstić information content (AvgIpc) is 2.56. The van der Waals surface area contributed by atoms with Crippen molar-refractivity contribution in [1.29, 1.82) is 0 Å². The minimum Gasteiger partial charge on any atom is -0.432 e. The zero-order valence-electron chi connectivity index (χ0n) is 19.9. The minimum atomic E-state index is -1.75. The zero-order chi connectivity index (χ0) is 21.6. The molecule has 0 radical (unpaired) electrons. The van der Waals surface area contributed by atoms with E-state index >= 15 is 0 Å². The topological polar surface area (TPSA) is 80.9 Å². The molecule has 0 rings (SSSR count). The fourth-order valence-corrected chi connectivity index (χ4v) is 5.31. The Kier molecular flexibility index (Phi) is 41.2. The van der Waals surface area contributed by atoms with E-state index < -0.39 is 8.32 Å². The van der Waals surface area contributed by atoms with Crippen LogP contribution in [0, 0.1) is 17.8 Å². The minimum absolute atomic E-state index is 0. The van der Waals surface area contributed by atoms with Gasteiger partial charge < -0.3 is 20.1 Å². The first-order valence-corrected chi connectivity index (χ1v) is 13.1. The van der Waals surface area contributed by atoms with Gasteiger partial charge in [-0.05, 0) is 35.9 Å². The van der Waals surface area contributed by atoms with Crippen LogP contribution >= 0.6 is 0 Å². The number of hydrogen-bond acceptors (Lipinski definition) is 4. The third-order valence-corrected chi connectivity index (χ3v) is 7.53. The van der Waals surface area contributed by atoms with E-state index in [9.17, 15) is 4.80 Å². The van der Waals surface area contributed by atoms with E-state index in [1.165, 1.54) is 0 Å². The maximum absolute atomic E-state index is 10.2. The molecule has 0 saturated heterocycles. The van der Waals surface area contributed by atoms with E-state index in [1.807, 2.05) is 41.5 Å². The average molecular weight is 445 g/mol. The molecule has 0 fully saturated rings. The molecule has 0 aromatic rings. The predicted octanol–water partition coefficient (Wildman–Crippen LogP) is 5.06. The third kappa shape index (κ3) is 46.6. The van der Waals surface area contributed by atoms with Gasteiger partial charge in [0.1, 0.15) is 0 Å². The molecule has 0 spiro atoms. The van der Waals surface area contributed by atoms with Crippen LogP contribution in [0.15, 0.2) is 0 Å². The van der Waals surface area contributed by atoms with E-state index in [2.05, 4.69) is 20.8 Å². The molecule has 168 valence electrons. The monoisotopic (exact) mass is 444 g/mol. The molecule has 0 saturated carbocycles. The van der Waals surface area contributed by atoms with Crippen LogP contribution in [-0.2, 0) is 21.7 Å². The Hall–Kier alpha value is 0.771.